The van der Waals surface area contributed by atoms with Gasteiger partial charge in [-0.25, -0.2) is 8.78 Å². The van der Waals surface area contributed by atoms with Gasteiger partial charge < -0.3 is 10.4 Å². The lowest BCUT2D eigenvalue weighted by Crippen LogP contribution is -2.09. The highest BCUT2D eigenvalue weighted by Gasteiger charge is 2.26. The van der Waals surface area contributed by atoms with Crippen molar-refractivity contribution in [1.82, 2.24) is 5.32 Å². The largest absolute Gasteiger partial charge is 0.507 e. The summed E-state index contributed by atoms with van der Waals surface area (Å²) in [4.78, 5) is 0. The Morgan fingerprint density at radius 2 is 2.20 bits per heavy atom. The van der Waals surface area contributed by atoms with E-state index >= 15 is 0 Å². The lowest BCUT2D eigenvalue weighted by atomic mass is 9.96. The molecule has 1 unspecified atom stereocenters. The van der Waals surface area contributed by atoms with Crippen molar-refractivity contribution in [2.75, 3.05) is 13.1 Å². The number of nitrogens with one attached hydrogen (secondary N) is 1. The van der Waals surface area contributed by atoms with Crippen molar-refractivity contribution in [2.45, 2.75) is 12.3 Å². The molecular formula is C10H10ClF2NO. The van der Waals surface area contributed by atoms with Crippen molar-refractivity contribution in [1.29, 1.82) is 0 Å². The summed E-state index contributed by atoms with van der Waals surface area (Å²) in [7, 11) is 0. The van der Waals surface area contributed by atoms with E-state index in [1.807, 2.05) is 0 Å². The molecule has 1 atom stereocenters. The quantitative estimate of drug-likeness (QED) is 0.730. The van der Waals surface area contributed by atoms with Crippen LogP contribution in [0.2, 0.25) is 5.02 Å². The summed E-state index contributed by atoms with van der Waals surface area (Å²) in [6.07, 6.45) is 0.715. The normalized spacial score (nSPS) is 20.9. The fourth-order valence-corrected chi connectivity index (χ4v) is 2.04. The molecule has 0 bridgehead atoms. The molecule has 82 valence electrons. The first-order valence-electron chi connectivity index (χ1n) is 4.68. The van der Waals surface area contributed by atoms with Crippen LogP contribution in [0.25, 0.3) is 0 Å². The van der Waals surface area contributed by atoms with Crippen molar-refractivity contribution in [3.8, 4) is 5.75 Å². The molecule has 1 aliphatic rings. The van der Waals surface area contributed by atoms with Gasteiger partial charge >= 0.3 is 0 Å². The summed E-state index contributed by atoms with van der Waals surface area (Å²) in [5.41, 5.74) is 0.117. The van der Waals surface area contributed by atoms with E-state index in [2.05, 4.69) is 5.32 Å². The Balaban J connectivity index is 2.50. The van der Waals surface area contributed by atoms with Crippen LogP contribution >= 0.6 is 11.6 Å². The SMILES string of the molecule is Oc1cc(F)c(Cl)c(F)c1C1CCNC1. The van der Waals surface area contributed by atoms with Gasteiger partial charge in [0.25, 0.3) is 0 Å². The molecule has 1 fully saturated rings. The van der Waals surface area contributed by atoms with Crippen molar-refractivity contribution in [3.05, 3.63) is 28.3 Å². The van der Waals surface area contributed by atoms with Crippen molar-refractivity contribution < 1.29 is 13.9 Å². The topological polar surface area (TPSA) is 32.3 Å². The molecule has 2 N–H and O–H groups in total. The fraction of sp³-hybridized carbons (Fsp3) is 0.400. The Bertz CT molecular complexity index is 391. The van der Waals surface area contributed by atoms with Crippen LogP contribution in [0.15, 0.2) is 6.07 Å². The predicted molar refractivity (Wildman–Crippen MR) is 53.3 cm³/mol. The number of rotatable bonds is 1. The molecule has 1 aliphatic heterocycles. The second kappa shape index (κ2) is 3.94. The van der Waals surface area contributed by atoms with Gasteiger partial charge in [0.05, 0.1) is 0 Å². The molecule has 0 aromatic heterocycles. The second-order valence-electron chi connectivity index (χ2n) is 3.61. The number of phenols is 1. The maximum absolute atomic E-state index is 13.6. The minimum atomic E-state index is -0.929. The van der Waals surface area contributed by atoms with Crippen molar-refractivity contribution in [3.63, 3.8) is 0 Å². The molecule has 2 rings (SSSR count). The number of hydrogen-bond acceptors (Lipinski definition) is 2. The lowest BCUT2D eigenvalue weighted by Gasteiger charge is -2.13. The van der Waals surface area contributed by atoms with Crippen LogP contribution in [0.1, 0.15) is 17.9 Å². The molecule has 1 heterocycles. The maximum atomic E-state index is 13.6. The van der Waals surface area contributed by atoms with Gasteiger partial charge in [-0.3, -0.25) is 0 Å². The van der Waals surface area contributed by atoms with E-state index in [1.54, 1.807) is 0 Å². The third kappa shape index (κ3) is 1.79. The zero-order valence-electron chi connectivity index (χ0n) is 7.86. The van der Waals surface area contributed by atoms with Crippen LogP contribution in [0.3, 0.4) is 0 Å². The summed E-state index contributed by atoms with van der Waals surface area (Å²) in [5.74, 6) is -2.27. The monoisotopic (exact) mass is 233 g/mol. The van der Waals surface area contributed by atoms with Gasteiger partial charge in [0.1, 0.15) is 16.6 Å². The molecule has 1 aromatic carbocycles. The first kappa shape index (κ1) is 10.6. The van der Waals surface area contributed by atoms with Gasteiger partial charge in [0, 0.05) is 24.1 Å². The van der Waals surface area contributed by atoms with Crippen LogP contribution < -0.4 is 5.32 Å². The highest BCUT2D eigenvalue weighted by Crippen LogP contribution is 2.36. The Hall–Kier alpha value is -0.870. The van der Waals surface area contributed by atoms with Gasteiger partial charge in [-0.2, -0.15) is 0 Å². The predicted octanol–water partition coefficient (Wildman–Crippen LogP) is 2.40. The average Bonchev–Trinajstić information content (AvgIpc) is 2.68. The lowest BCUT2D eigenvalue weighted by molar-refractivity contribution is 0.442. The van der Waals surface area contributed by atoms with Crippen LogP contribution in [0.4, 0.5) is 8.78 Å². The third-order valence-electron chi connectivity index (χ3n) is 2.65. The Kier molecular flexibility index (Phi) is 2.80. The minimum absolute atomic E-state index is 0.117. The molecule has 1 aromatic rings. The summed E-state index contributed by atoms with van der Waals surface area (Å²) >= 11 is 5.45. The van der Waals surface area contributed by atoms with E-state index in [1.165, 1.54) is 0 Å². The number of phenolic OH excluding ortho intramolecular Hbond substituents is 1. The Labute approximate surface area is 90.9 Å². The highest BCUT2D eigenvalue weighted by atomic mass is 35.5. The minimum Gasteiger partial charge on any atom is -0.507 e. The van der Waals surface area contributed by atoms with Crippen LogP contribution in [0, 0.1) is 11.6 Å². The number of halogens is 3. The molecule has 0 amide bonds. The molecule has 5 heteroatoms. The molecule has 0 saturated carbocycles. The number of hydrogen-bond donors (Lipinski definition) is 2. The summed E-state index contributed by atoms with van der Waals surface area (Å²) < 4.78 is 26.6. The second-order valence-corrected chi connectivity index (χ2v) is 3.99. The molecule has 1 saturated heterocycles. The van der Waals surface area contributed by atoms with Gasteiger partial charge in [-0.1, -0.05) is 11.6 Å². The standard InChI is InChI=1S/C10H10ClF2NO/c11-9-6(12)3-7(15)8(10(9)13)5-1-2-14-4-5/h3,5,14-15H,1-2,4H2. The average molecular weight is 234 g/mol. The summed E-state index contributed by atoms with van der Waals surface area (Å²) in [5, 5.41) is 12.0. The molecule has 0 aliphatic carbocycles. The molecule has 2 nitrogen and oxygen atoms in total. The van der Waals surface area contributed by atoms with E-state index < -0.39 is 16.7 Å². The van der Waals surface area contributed by atoms with Crippen molar-refractivity contribution >= 4 is 11.6 Å². The molecule has 0 radical (unpaired) electrons. The Morgan fingerprint density at radius 1 is 1.47 bits per heavy atom. The van der Waals surface area contributed by atoms with E-state index in [-0.39, 0.29) is 17.2 Å². The molecule has 15 heavy (non-hydrogen) atoms. The van der Waals surface area contributed by atoms with Crippen LogP contribution in [-0.4, -0.2) is 18.2 Å². The van der Waals surface area contributed by atoms with E-state index in [4.69, 9.17) is 11.6 Å². The zero-order chi connectivity index (χ0) is 11.0. The first-order chi connectivity index (χ1) is 7.11. The smallest absolute Gasteiger partial charge is 0.151 e. The fourth-order valence-electron chi connectivity index (χ4n) is 1.89. The number of aromatic hydroxyl groups is 1. The van der Waals surface area contributed by atoms with Crippen LogP contribution in [0.5, 0.6) is 5.75 Å². The van der Waals surface area contributed by atoms with E-state index in [9.17, 15) is 13.9 Å². The van der Waals surface area contributed by atoms with Crippen LogP contribution in [-0.2, 0) is 0 Å². The summed E-state index contributed by atoms with van der Waals surface area (Å²) in [6.45, 7) is 1.34. The third-order valence-corrected chi connectivity index (χ3v) is 2.99. The van der Waals surface area contributed by atoms with Gasteiger partial charge in [0.15, 0.2) is 5.82 Å². The van der Waals surface area contributed by atoms with E-state index in [0.717, 1.165) is 12.6 Å². The number of benzene rings is 1. The van der Waals surface area contributed by atoms with Gasteiger partial charge in [-0.15, -0.1) is 0 Å². The summed E-state index contributed by atoms with van der Waals surface area (Å²) in [6, 6.07) is 0.860. The molecule has 0 spiro atoms. The maximum Gasteiger partial charge on any atom is 0.151 e. The molecular weight excluding hydrogens is 224 g/mol. The zero-order valence-corrected chi connectivity index (χ0v) is 8.61. The Morgan fingerprint density at radius 3 is 2.80 bits per heavy atom. The highest BCUT2D eigenvalue weighted by molar-refractivity contribution is 6.31. The van der Waals surface area contributed by atoms with Crippen molar-refractivity contribution in [2.24, 2.45) is 0 Å². The van der Waals surface area contributed by atoms with E-state index in [0.29, 0.717) is 13.0 Å². The van der Waals surface area contributed by atoms with Gasteiger partial charge in [-0.05, 0) is 13.0 Å². The first-order valence-corrected chi connectivity index (χ1v) is 5.06. The van der Waals surface area contributed by atoms with Gasteiger partial charge in [0.2, 0.25) is 0 Å².